The zero-order chi connectivity index (χ0) is 11.2. The molecule has 0 N–H and O–H groups in total. The van der Waals surface area contributed by atoms with Crippen LogP contribution < -0.4 is 0 Å². The number of allylic oxidation sites excluding steroid dienone is 2. The first-order valence-corrected chi connectivity index (χ1v) is 4.31. The normalized spacial score (nSPS) is 11.4. The summed E-state index contributed by atoms with van der Waals surface area (Å²) in [5.74, 6) is -1.16. The molecule has 0 atom stereocenters. The second-order valence-corrected chi connectivity index (χ2v) is 3.09. The summed E-state index contributed by atoms with van der Waals surface area (Å²) in [4.78, 5) is 22.8. The van der Waals surface area contributed by atoms with Crippen LogP contribution in [-0.2, 0) is 19.1 Å². The van der Waals surface area contributed by atoms with Crippen LogP contribution in [0.1, 0.15) is 20.3 Å². The second-order valence-electron chi connectivity index (χ2n) is 3.09. The maximum atomic E-state index is 11.4. The van der Waals surface area contributed by atoms with Crippen LogP contribution in [0.3, 0.4) is 0 Å². The third kappa shape index (κ3) is 2.58. The Morgan fingerprint density at radius 2 is 1.64 bits per heavy atom. The highest BCUT2D eigenvalue weighted by Gasteiger charge is 2.42. The zero-order valence-corrected chi connectivity index (χ0v) is 8.99. The van der Waals surface area contributed by atoms with Crippen LogP contribution in [0.25, 0.3) is 0 Å². The molecule has 0 aromatic heterocycles. The minimum atomic E-state index is -1.24. The van der Waals surface area contributed by atoms with Gasteiger partial charge >= 0.3 is 11.9 Å². The molecular weight excluding hydrogens is 184 g/mol. The van der Waals surface area contributed by atoms with Crippen LogP contribution in [-0.4, -0.2) is 26.2 Å². The van der Waals surface area contributed by atoms with Crippen molar-refractivity contribution in [3.63, 3.8) is 0 Å². The van der Waals surface area contributed by atoms with Gasteiger partial charge in [-0.05, 0) is 20.3 Å². The lowest BCUT2D eigenvalue weighted by Crippen LogP contribution is -2.38. The predicted octanol–water partition coefficient (Wildman–Crippen LogP) is 1.30. The summed E-state index contributed by atoms with van der Waals surface area (Å²) in [7, 11) is 2.50. The topological polar surface area (TPSA) is 52.6 Å². The van der Waals surface area contributed by atoms with Gasteiger partial charge in [0.05, 0.1) is 14.2 Å². The maximum Gasteiger partial charge on any atom is 0.323 e. The van der Waals surface area contributed by atoms with Crippen molar-refractivity contribution in [2.75, 3.05) is 14.2 Å². The molecule has 14 heavy (non-hydrogen) atoms. The third-order valence-corrected chi connectivity index (χ3v) is 2.03. The molecule has 0 unspecified atom stereocenters. The largest absolute Gasteiger partial charge is 0.468 e. The molecule has 0 saturated carbocycles. The van der Waals surface area contributed by atoms with Gasteiger partial charge in [0, 0.05) is 0 Å². The van der Waals surface area contributed by atoms with E-state index in [1.165, 1.54) is 21.1 Å². The molecule has 0 aromatic carbocycles. The van der Waals surface area contributed by atoms with Gasteiger partial charge in [-0.25, -0.2) is 0 Å². The Bertz CT molecular complexity index is 227. The Morgan fingerprint density at radius 3 is 1.93 bits per heavy atom. The maximum absolute atomic E-state index is 11.4. The molecule has 0 amide bonds. The fourth-order valence-corrected chi connectivity index (χ4v) is 1.05. The fourth-order valence-electron chi connectivity index (χ4n) is 1.05. The minimum absolute atomic E-state index is 0.281. The Morgan fingerprint density at radius 1 is 1.21 bits per heavy atom. The van der Waals surface area contributed by atoms with Gasteiger partial charge in [0.1, 0.15) is 0 Å². The average Bonchev–Trinajstić information content (AvgIpc) is 2.23. The Balaban J connectivity index is 4.83. The van der Waals surface area contributed by atoms with Crippen molar-refractivity contribution in [1.29, 1.82) is 0 Å². The predicted molar refractivity (Wildman–Crippen MR) is 51.6 cm³/mol. The number of carbonyl (C=O) groups excluding carboxylic acids is 2. The molecule has 0 aliphatic heterocycles. The van der Waals surface area contributed by atoms with Gasteiger partial charge in [-0.1, -0.05) is 12.2 Å². The molecule has 0 aliphatic carbocycles. The van der Waals surface area contributed by atoms with E-state index in [9.17, 15) is 9.59 Å². The van der Waals surface area contributed by atoms with E-state index in [-0.39, 0.29) is 6.42 Å². The summed E-state index contributed by atoms with van der Waals surface area (Å²) in [6, 6.07) is 0. The Kier molecular flexibility index (Phi) is 4.91. The highest BCUT2D eigenvalue weighted by atomic mass is 16.5. The quantitative estimate of drug-likeness (QED) is 0.390. The number of ether oxygens (including phenoxy) is 2. The molecule has 0 aliphatic rings. The SMILES string of the molecule is C/C=C\CC(C)(C(=O)OC)C(=O)OC. The fraction of sp³-hybridized carbons (Fsp3) is 0.600. The van der Waals surface area contributed by atoms with Crippen molar-refractivity contribution < 1.29 is 19.1 Å². The number of hydrogen-bond donors (Lipinski definition) is 0. The summed E-state index contributed by atoms with van der Waals surface area (Å²) in [5.41, 5.74) is -1.24. The van der Waals surface area contributed by atoms with Gasteiger partial charge in [0.25, 0.3) is 0 Å². The summed E-state index contributed by atoms with van der Waals surface area (Å²) in [6.07, 6.45) is 3.78. The standard InChI is InChI=1S/C10H16O4/c1-5-6-7-10(2,8(11)13-3)9(12)14-4/h5-6H,7H2,1-4H3/b6-5-. The van der Waals surface area contributed by atoms with Crippen LogP contribution in [0.15, 0.2) is 12.2 Å². The Labute approximate surface area is 83.9 Å². The number of carbonyl (C=O) groups is 2. The van der Waals surface area contributed by atoms with Crippen molar-refractivity contribution in [2.45, 2.75) is 20.3 Å². The summed E-state index contributed by atoms with van der Waals surface area (Å²) in [6.45, 7) is 3.32. The molecule has 4 heteroatoms. The van der Waals surface area contributed by atoms with Gasteiger partial charge < -0.3 is 9.47 Å². The average molecular weight is 200 g/mol. The molecule has 4 nitrogen and oxygen atoms in total. The number of esters is 2. The lowest BCUT2D eigenvalue weighted by molar-refractivity contribution is -0.167. The smallest absolute Gasteiger partial charge is 0.323 e. The van der Waals surface area contributed by atoms with Crippen molar-refractivity contribution in [3.8, 4) is 0 Å². The first-order valence-electron chi connectivity index (χ1n) is 4.31. The van der Waals surface area contributed by atoms with E-state index in [2.05, 4.69) is 9.47 Å². The first-order chi connectivity index (χ1) is 6.52. The number of methoxy groups -OCH3 is 2. The van der Waals surface area contributed by atoms with E-state index >= 15 is 0 Å². The van der Waals surface area contributed by atoms with E-state index in [1.54, 1.807) is 12.2 Å². The highest BCUT2D eigenvalue weighted by Crippen LogP contribution is 2.25. The second kappa shape index (κ2) is 5.42. The molecule has 0 spiro atoms. The molecule has 0 saturated heterocycles. The minimum Gasteiger partial charge on any atom is -0.468 e. The van der Waals surface area contributed by atoms with Crippen molar-refractivity contribution in [1.82, 2.24) is 0 Å². The van der Waals surface area contributed by atoms with Gasteiger partial charge in [-0.3, -0.25) is 9.59 Å². The zero-order valence-electron chi connectivity index (χ0n) is 8.99. The summed E-state index contributed by atoms with van der Waals surface area (Å²) in [5, 5.41) is 0. The van der Waals surface area contributed by atoms with Crippen LogP contribution in [0.4, 0.5) is 0 Å². The molecule has 0 fully saturated rings. The molecule has 0 rings (SSSR count). The highest BCUT2D eigenvalue weighted by molar-refractivity contribution is 5.99. The van der Waals surface area contributed by atoms with E-state index in [0.29, 0.717) is 0 Å². The lowest BCUT2D eigenvalue weighted by Gasteiger charge is -2.21. The van der Waals surface area contributed by atoms with Crippen LogP contribution in [0, 0.1) is 5.41 Å². The number of hydrogen-bond acceptors (Lipinski definition) is 4. The van der Waals surface area contributed by atoms with Gasteiger partial charge in [0.2, 0.25) is 0 Å². The van der Waals surface area contributed by atoms with E-state index in [1.807, 2.05) is 6.92 Å². The van der Waals surface area contributed by atoms with Gasteiger partial charge in [-0.15, -0.1) is 0 Å². The summed E-state index contributed by atoms with van der Waals surface area (Å²) >= 11 is 0. The third-order valence-electron chi connectivity index (χ3n) is 2.03. The first kappa shape index (κ1) is 12.7. The Hall–Kier alpha value is -1.32. The van der Waals surface area contributed by atoms with Crippen LogP contribution >= 0.6 is 0 Å². The monoisotopic (exact) mass is 200 g/mol. The lowest BCUT2D eigenvalue weighted by atomic mass is 9.87. The van der Waals surface area contributed by atoms with Crippen LogP contribution in [0.5, 0.6) is 0 Å². The van der Waals surface area contributed by atoms with Gasteiger partial charge in [0.15, 0.2) is 5.41 Å². The molecule has 80 valence electrons. The van der Waals surface area contributed by atoms with Gasteiger partial charge in [-0.2, -0.15) is 0 Å². The van der Waals surface area contributed by atoms with E-state index in [4.69, 9.17) is 0 Å². The molecular formula is C10H16O4. The number of rotatable bonds is 4. The molecule has 0 aromatic rings. The summed E-state index contributed by atoms with van der Waals surface area (Å²) < 4.78 is 9.12. The van der Waals surface area contributed by atoms with E-state index in [0.717, 1.165) is 0 Å². The van der Waals surface area contributed by atoms with Crippen molar-refractivity contribution in [2.24, 2.45) is 5.41 Å². The molecule has 0 heterocycles. The van der Waals surface area contributed by atoms with Crippen molar-refractivity contribution >= 4 is 11.9 Å². The van der Waals surface area contributed by atoms with Crippen molar-refractivity contribution in [3.05, 3.63) is 12.2 Å². The van der Waals surface area contributed by atoms with Crippen LogP contribution in [0.2, 0.25) is 0 Å². The molecule has 0 radical (unpaired) electrons. The van der Waals surface area contributed by atoms with E-state index < -0.39 is 17.4 Å². The molecule has 0 bridgehead atoms.